The predicted molar refractivity (Wildman–Crippen MR) is 94.5 cm³/mol. The molecule has 0 aliphatic heterocycles. The van der Waals surface area contributed by atoms with Gasteiger partial charge in [0.1, 0.15) is 17.1 Å². The quantitative estimate of drug-likeness (QED) is 0.583. The third-order valence-electron chi connectivity index (χ3n) is 3.94. The molecule has 2 aromatic carbocycles. The van der Waals surface area contributed by atoms with E-state index in [1.54, 1.807) is 19.1 Å². The van der Waals surface area contributed by atoms with E-state index in [1.165, 1.54) is 30.3 Å². The first-order valence-corrected chi connectivity index (χ1v) is 8.41. The van der Waals surface area contributed by atoms with Crippen LogP contribution in [0, 0.1) is 0 Å². The summed E-state index contributed by atoms with van der Waals surface area (Å²) in [6.45, 7) is 4.02. The minimum Gasteiger partial charge on any atom is -0.494 e. The second kappa shape index (κ2) is 7.34. The first-order valence-electron chi connectivity index (χ1n) is 8.41. The maximum absolute atomic E-state index is 13.5. The highest BCUT2D eigenvalue weighted by atomic mass is 19.4. The molecular weight excluding hydrogens is 361 g/mol. The van der Waals surface area contributed by atoms with Crippen LogP contribution in [-0.2, 0) is 12.6 Å². The molecule has 27 heavy (non-hydrogen) atoms. The van der Waals surface area contributed by atoms with Gasteiger partial charge in [0, 0.05) is 6.07 Å². The van der Waals surface area contributed by atoms with Gasteiger partial charge in [-0.25, -0.2) is 0 Å². The Kier molecular flexibility index (Phi) is 5.12. The zero-order valence-electron chi connectivity index (χ0n) is 14.7. The molecule has 0 saturated heterocycles. The molecule has 0 spiro atoms. The molecule has 0 amide bonds. The van der Waals surface area contributed by atoms with Crippen LogP contribution < -0.4 is 14.9 Å². The molecule has 0 saturated carbocycles. The van der Waals surface area contributed by atoms with Crippen LogP contribution in [0.1, 0.15) is 25.2 Å². The highest BCUT2D eigenvalue weighted by Crippen LogP contribution is 2.38. The molecule has 3 rings (SSSR count). The Morgan fingerprint density at radius 2 is 1.67 bits per heavy atom. The number of hydrogen-bond acceptors (Lipinski definition) is 4. The fourth-order valence-electron chi connectivity index (χ4n) is 2.60. The molecule has 3 aromatic rings. The Bertz CT molecular complexity index is 1000. The van der Waals surface area contributed by atoms with Crippen molar-refractivity contribution in [3.63, 3.8) is 0 Å². The molecule has 0 aliphatic carbocycles. The Balaban J connectivity index is 2.15. The number of alkyl halides is 3. The van der Waals surface area contributed by atoms with Crippen LogP contribution in [0.3, 0.4) is 0 Å². The van der Waals surface area contributed by atoms with Crippen LogP contribution in [0.4, 0.5) is 13.2 Å². The van der Waals surface area contributed by atoms with E-state index in [0.717, 1.165) is 12.0 Å². The largest absolute Gasteiger partial charge is 0.494 e. The van der Waals surface area contributed by atoms with Gasteiger partial charge < -0.3 is 13.9 Å². The first kappa shape index (κ1) is 18.8. The molecule has 0 atom stereocenters. The Hall–Kier alpha value is -2.96. The number of fused-ring (bicyclic) bond motifs is 1. The monoisotopic (exact) mass is 378 g/mol. The lowest BCUT2D eigenvalue weighted by molar-refractivity contribution is -0.154. The van der Waals surface area contributed by atoms with Crippen molar-refractivity contribution in [2.45, 2.75) is 26.4 Å². The average Bonchev–Trinajstić information content (AvgIpc) is 2.63. The van der Waals surface area contributed by atoms with Crippen molar-refractivity contribution in [2.75, 3.05) is 6.61 Å². The number of ether oxygens (including phenoxy) is 2. The van der Waals surface area contributed by atoms with E-state index in [-0.39, 0.29) is 16.7 Å². The molecule has 7 heteroatoms. The fourth-order valence-corrected chi connectivity index (χ4v) is 2.60. The van der Waals surface area contributed by atoms with E-state index in [0.29, 0.717) is 12.4 Å². The van der Waals surface area contributed by atoms with Crippen LogP contribution in [0.5, 0.6) is 17.2 Å². The van der Waals surface area contributed by atoms with Crippen molar-refractivity contribution in [1.82, 2.24) is 0 Å². The predicted octanol–water partition coefficient (Wildman–Crippen LogP) is 5.57. The number of halogens is 3. The highest BCUT2D eigenvalue weighted by molar-refractivity contribution is 5.79. The van der Waals surface area contributed by atoms with E-state index < -0.39 is 23.1 Å². The Morgan fingerprint density at radius 3 is 2.26 bits per heavy atom. The summed E-state index contributed by atoms with van der Waals surface area (Å²) in [6.07, 6.45) is -4.12. The lowest BCUT2D eigenvalue weighted by Crippen LogP contribution is -2.15. The summed E-state index contributed by atoms with van der Waals surface area (Å²) in [5.74, 6) is -1.93. The molecule has 0 aliphatic rings. The van der Waals surface area contributed by atoms with Crippen molar-refractivity contribution >= 4 is 11.0 Å². The Morgan fingerprint density at radius 1 is 1.00 bits per heavy atom. The molecule has 0 fully saturated rings. The average molecular weight is 378 g/mol. The lowest BCUT2D eigenvalue weighted by Gasteiger charge is -2.14. The van der Waals surface area contributed by atoms with Gasteiger partial charge in [-0.05, 0) is 43.2 Å². The van der Waals surface area contributed by atoms with Crippen LogP contribution >= 0.6 is 0 Å². The summed E-state index contributed by atoms with van der Waals surface area (Å²) in [5, 5.41) is -0.0216. The number of rotatable bonds is 5. The molecular formula is C20H17F3O4. The van der Waals surface area contributed by atoms with Gasteiger partial charge in [-0.3, -0.25) is 4.79 Å². The van der Waals surface area contributed by atoms with Crippen molar-refractivity contribution in [3.8, 4) is 17.2 Å². The van der Waals surface area contributed by atoms with E-state index >= 15 is 0 Å². The summed E-state index contributed by atoms with van der Waals surface area (Å²) in [7, 11) is 0. The lowest BCUT2D eigenvalue weighted by atomic mass is 10.1. The zero-order valence-corrected chi connectivity index (χ0v) is 14.7. The van der Waals surface area contributed by atoms with Crippen molar-refractivity contribution in [2.24, 2.45) is 0 Å². The van der Waals surface area contributed by atoms with Gasteiger partial charge in [0.2, 0.25) is 11.2 Å². The molecule has 142 valence electrons. The molecule has 1 heterocycles. The first-order chi connectivity index (χ1) is 12.8. The van der Waals surface area contributed by atoms with Gasteiger partial charge in [-0.15, -0.1) is 0 Å². The highest BCUT2D eigenvalue weighted by Gasteiger charge is 2.40. The summed E-state index contributed by atoms with van der Waals surface area (Å²) in [6, 6.07) is 10.6. The second-order valence-corrected chi connectivity index (χ2v) is 5.78. The normalized spacial score (nSPS) is 11.6. The van der Waals surface area contributed by atoms with E-state index in [4.69, 9.17) is 13.9 Å². The van der Waals surface area contributed by atoms with E-state index in [2.05, 4.69) is 0 Å². The smallest absolute Gasteiger partial charge is 0.453 e. The minimum absolute atomic E-state index is 0.0216. The maximum Gasteiger partial charge on any atom is 0.453 e. The van der Waals surface area contributed by atoms with Crippen LogP contribution in [0.25, 0.3) is 11.0 Å². The minimum atomic E-state index is -4.90. The van der Waals surface area contributed by atoms with Gasteiger partial charge in [0.15, 0.2) is 0 Å². The van der Waals surface area contributed by atoms with Crippen LogP contribution in [-0.4, -0.2) is 6.61 Å². The third kappa shape index (κ3) is 3.92. The zero-order chi connectivity index (χ0) is 19.6. The van der Waals surface area contributed by atoms with Crippen LogP contribution in [0.2, 0.25) is 0 Å². The Labute approximate surface area is 153 Å². The number of aryl methyl sites for hydroxylation is 1. The summed E-state index contributed by atoms with van der Waals surface area (Å²) in [4.78, 5) is 12.7. The number of hydrogen-bond donors (Lipinski definition) is 0. The topological polar surface area (TPSA) is 48.7 Å². The standard InChI is InChI=1S/C20H17F3O4/c1-3-12-5-7-13(8-6-12)26-18-17(24)15-10-9-14(25-4-2)11-16(15)27-19(18)20(21,22)23/h5-11H,3-4H2,1-2H3. The third-order valence-corrected chi connectivity index (χ3v) is 3.94. The van der Waals surface area contributed by atoms with Crippen LogP contribution in [0.15, 0.2) is 51.7 Å². The summed E-state index contributed by atoms with van der Waals surface area (Å²) in [5.41, 5.74) is -0.120. The van der Waals surface area contributed by atoms with Gasteiger partial charge in [0.05, 0.1) is 12.0 Å². The second-order valence-electron chi connectivity index (χ2n) is 5.78. The summed E-state index contributed by atoms with van der Waals surface area (Å²) >= 11 is 0. The molecule has 0 bridgehead atoms. The molecule has 0 N–H and O–H groups in total. The molecule has 1 aromatic heterocycles. The van der Waals surface area contributed by atoms with Gasteiger partial charge in [0.25, 0.3) is 5.76 Å². The van der Waals surface area contributed by atoms with Gasteiger partial charge in [-0.2, -0.15) is 13.2 Å². The molecule has 0 unspecified atom stereocenters. The SMILES string of the molecule is CCOc1ccc2c(=O)c(Oc3ccc(CC)cc3)c(C(F)(F)F)oc2c1. The van der Waals surface area contributed by atoms with Crippen molar-refractivity contribution in [3.05, 3.63) is 64.0 Å². The van der Waals surface area contributed by atoms with Gasteiger partial charge >= 0.3 is 6.18 Å². The van der Waals surface area contributed by atoms with Crippen molar-refractivity contribution < 1.29 is 27.1 Å². The van der Waals surface area contributed by atoms with Crippen molar-refractivity contribution in [1.29, 1.82) is 0 Å². The maximum atomic E-state index is 13.5. The fraction of sp³-hybridized carbons (Fsp3) is 0.250. The van der Waals surface area contributed by atoms with E-state index in [9.17, 15) is 18.0 Å². The molecule has 0 radical (unpaired) electrons. The van der Waals surface area contributed by atoms with E-state index in [1.807, 2.05) is 6.92 Å². The molecule has 4 nitrogen and oxygen atoms in total. The summed E-state index contributed by atoms with van der Waals surface area (Å²) < 4.78 is 56.0. The number of benzene rings is 2. The van der Waals surface area contributed by atoms with Gasteiger partial charge in [-0.1, -0.05) is 19.1 Å².